The van der Waals surface area contributed by atoms with E-state index in [1.807, 2.05) is 0 Å². The van der Waals surface area contributed by atoms with E-state index < -0.39 is 5.97 Å². The molecule has 2 aromatic heterocycles. The molecule has 0 spiro atoms. The Morgan fingerprint density at radius 2 is 2.14 bits per heavy atom. The van der Waals surface area contributed by atoms with E-state index in [0.29, 0.717) is 5.82 Å². The first-order valence-electron chi connectivity index (χ1n) is 3.81. The Bertz CT molecular complexity index is 518. The molecule has 7 heteroatoms. The molecule has 0 bridgehead atoms. The van der Waals surface area contributed by atoms with Gasteiger partial charge in [-0.05, 0) is 6.92 Å². The Hall–Kier alpha value is -2.18. The number of nitrogens with zero attached hydrogens (tertiary/aromatic N) is 3. The largest absolute Gasteiger partial charge is 0.476 e. The SMILES string of the molecule is Cc1nc(N)c2n[nH]c(C(=O)O)c2n1. The summed E-state index contributed by atoms with van der Waals surface area (Å²) in [6.45, 7) is 1.63. The summed E-state index contributed by atoms with van der Waals surface area (Å²) in [6, 6.07) is 0. The van der Waals surface area contributed by atoms with Crippen molar-refractivity contribution in [1.82, 2.24) is 20.2 Å². The van der Waals surface area contributed by atoms with Crippen molar-refractivity contribution in [3.05, 3.63) is 11.5 Å². The van der Waals surface area contributed by atoms with Crippen molar-refractivity contribution in [2.45, 2.75) is 6.92 Å². The molecule has 2 rings (SSSR count). The van der Waals surface area contributed by atoms with Gasteiger partial charge >= 0.3 is 5.97 Å². The highest BCUT2D eigenvalue weighted by atomic mass is 16.4. The van der Waals surface area contributed by atoms with Gasteiger partial charge in [-0.2, -0.15) is 5.10 Å². The number of anilines is 1. The van der Waals surface area contributed by atoms with Crippen LogP contribution >= 0.6 is 0 Å². The van der Waals surface area contributed by atoms with E-state index in [9.17, 15) is 4.79 Å². The zero-order chi connectivity index (χ0) is 10.3. The molecule has 2 heterocycles. The van der Waals surface area contributed by atoms with Crippen LogP contribution in [-0.2, 0) is 0 Å². The summed E-state index contributed by atoms with van der Waals surface area (Å²) in [4.78, 5) is 18.5. The first kappa shape index (κ1) is 8.42. The third kappa shape index (κ3) is 1.06. The first-order chi connectivity index (χ1) is 6.59. The van der Waals surface area contributed by atoms with Gasteiger partial charge in [-0.3, -0.25) is 5.10 Å². The van der Waals surface area contributed by atoms with Crippen molar-refractivity contribution >= 4 is 22.8 Å². The lowest BCUT2D eigenvalue weighted by atomic mass is 10.3. The van der Waals surface area contributed by atoms with E-state index >= 15 is 0 Å². The van der Waals surface area contributed by atoms with Crippen molar-refractivity contribution in [1.29, 1.82) is 0 Å². The molecular formula is C7H7N5O2. The van der Waals surface area contributed by atoms with Gasteiger partial charge in [0.25, 0.3) is 0 Å². The maximum Gasteiger partial charge on any atom is 0.356 e. The molecule has 0 unspecified atom stereocenters. The van der Waals surface area contributed by atoms with E-state index in [1.54, 1.807) is 6.92 Å². The van der Waals surface area contributed by atoms with Crippen molar-refractivity contribution in [2.24, 2.45) is 0 Å². The van der Waals surface area contributed by atoms with Crippen molar-refractivity contribution < 1.29 is 9.90 Å². The number of nitrogens with one attached hydrogen (secondary N) is 1. The van der Waals surface area contributed by atoms with Crippen LogP contribution in [0.1, 0.15) is 16.3 Å². The Labute approximate surface area is 78.0 Å². The maximum absolute atomic E-state index is 10.7. The Kier molecular flexibility index (Phi) is 1.60. The monoisotopic (exact) mass is 193 g/mol. The number of carboxylic acids is 1. The summed E-state index contributed by atoms with van der Waals surface area (Å²) in [6.07, 6.45) is 0. The molecule has 7 nitrogen and oxygen atoms in total. The lowest BCUT2D eigenvalue weighted by molar-refractivity contribution is 0.0692. The van der Waals surface area contributed by atoms with Crippen LogP contribution in [0.4, 0.5) is 5.82 Å². The van der Waals surface area contributed by atoms with Gasteiger partial charge in [0.2, 0.25) is 0 Å². The Morgan fingerprint density at radius 3 is 2.79 bits per heavy atom. The smallest absolute Gasteiger partial charge is 0.356 e. The number of fused-ring (bicyclic) bond motifs is 1. The molecule has 0 atom stereocenters. The number of rotatable bonds is 1. The molecule has 0 amide bonds. The van der Waals surface area contributed by atoms with Crippen LogP contribution in [0.5, 0.6) is 0 Å². The van der Waals surface area contributed by atoms with Crippen LogP contribution in [0.25, 0.3) is 11.0 Å². The van der Waals surface area contributed by atoms with Gasteiger partial charge < -0.3 is 10.8 Å². The fraction of sp³-hybridized carbons (Fsp3) is 0.143. The third-order valence-corrected chi connectivity index (χ3v) is 1.75. The second-order valence-electron chi connectivity index (χ2n) is 2.76. The highest BCUT2D eigenvalue weighted by Gasteiger charge is 2.16. The first-order valence-corrected chi connectivity index (χ1v) is 3.81. The quantitative estimate of drug-likeness (QED) is 0.584. The molecule has 0 aliphatic rings. The summed E-state index contributed by atoms with van der Waals surface area (Å²) in [5, 5.41) is 14.9. The number of hydrogen-bond acceptors (Lipinski definition) is 5. The summed E-state index contributed by atoms with van der Waals surface area (Å²) in [7, 11) is 0. The zero-order valence-corrected chi connectivity index (χ0v) is 7.27. The zero-order valence-electron chi connectivity index (χ0n) is 7.27. The standard InChI is InChI=1S/C7H7N5O2/c1-2-9-3-4(6(8)10-2)11-12-5(3)7(13)14/h1H3,(H,11,12)(H,13,14)(H2,8,9,10). The second kappa shape index (κ2) is 2.66. The van der Waals surface area contributed by atoms with Crippen LogP contribution in [0.15, 0.2) is 0 Å². The van der Waals surface area contributed by atoms with Gasteiger partial charge in [0, 0.05) is 0 Å². The number of nitrogens with two attached hydrogens (primary N) is 1. The Balaban J connectivity index is 2.85. The van der Waals surface area contributed by atoms with Gasteiger partial charge in [0.05, 0.1) is 0 Å². The number of hydrogen-bond donors (Lipinski definition) is 3. The molecule has 14 heavy (non-hydrogen) atoms. The highest BCUT2D eigenvalue weighted by molar-refractivity contribution is 6.01. The molecule has 4 N–H and O–H groups in total. The van der Waals surface area contributed by atoms with E-state index in [1.165, 1.54) is 0 Å². The predicted octanol–water partition coefficient (Wildman–Crippen LogP) is -0.0583. The maximum atomic E-state index is 10.7. The van der Waals surface area contributed by atoms with Crippen LogP contribution < -0.4 is 5.73 Å². The summed E-state index contributed by atoms with van der Waals surface area (Å²) in [5.41, 5.74) is 6.00. The molecule has 72 valence electrons. The lowest BCUT2D eigenvalue weighted by Gasteiger charge is -1.95. The van der Waals surface area contributed by atoms with Gasteiger partial charge in [0.15, 0.2) is 17.0 Å². The van der Waals surface area contributed by atoms with E-state index in [-0.39, 0.29) is 22.5 Å². The number of nitrogen functional groups attached to an aromatic ring is 1. The molecule has 0 aliphatic carbocycles. The number of aromatic carboxylic acids is 1. The number of aryl methyl sites for hydroxylation is 1. The topological polar surface area (TPSA) is 118 Å². The second-order valence-corrected chi connectivity index (χ2v) is 2.76. The van der Waals surface area contributed by atoms with Gasteiger partial charge in [-0.25, -0.2) is 14.8 Å². The van der Waals surface area contributed by atoms with E-state index in [2.05, 4.69) is 20.2 Å². The fourth-order valence-corrected chi connectivity index (χ4v) is 1.19. The molecule has 0 fully saturated rings. The minimum Gasteiger partial charge on any atom is -0.476 e. The van der Waals surface area contributed by atoms with Gasteiger partial charge in [0.1, 0.15) is 11.3 Å². The van der Waals surface area contributed by atoms with E-state index in [0.717, 1.165) is 0 Å². The molecule has 0 radical (unpaired) electrons. The average Bonchev–Trinajstić information content (AvgIpc) is 2.47. The molecule has 0 aromatic carbocycles. The third-order valence-electron chi connectivity index (χ3n) is 1.75. The number of aromatic amines is 1. The van der Waals surface area contributed by atoms with Crippen LogP contribution in [-0.4, -0.2) is 31.2 Å². The van der Waals surface area contributed by atoms with Crippen molar-refractivity contribution in [3.63, 3.8) is 0 Å². The number of carbonyl (C=O) groups is 1. The van der Waals surface area contributed by atoms with Crippen molar-refractivity contribution in [3.8, 4) is 0 Å². The summed E-state index contributed by atoms with van der Waals surface area (Å²) < 4.78 is 0. The molecule has 2 aromatic rings. The van der Waals surface area contributed by atoms with Gasteiger partial charge in [-0.1, -0.05) is 0 Å². The Morgan fingerprint density at radius 1 is 1.43 bits per heavy atom. The molecule has 0 aliphatic heterocycles. The molecule has 0 saturated carbocycles. The number of H-pyrrole nitrogens is 1. The lowest BCUT2D eigenvalue weighted by Crippen LogP contribution is -2.00. The van der Waals surface area contributed by atoms with Crippen LogP contribution in [0.2, 0.25) is 0 Å². The van der Waals surface area contributed by atoms with Gasteiger partial charge in [-0.15, -0.1) is 0 Å². The van der Waals surface area contributed by atoms with Crippen LogP contribution in [0.3, 0.4) is 0 Å². The minimum absolute atomic E-state index is 0.0720. The number of carboxylic acid groups (broad SMARTS) is 1. The highest BCUT2D eigenvalue weighted by Crippen LogP contribution is 2.17. The average molecular weight is 193 g/mol. The van der Waals surface area contributed by atoms with Crippen LogP contribution in [0, 0.1) is 6.92 Å². The number of aromatic nitrogens is 4. The summed E-state index contributed by atoms with van der Waals surface area (Å²) >= 11 is 0. The predicted molar refractivity (Wildman–Crippen MR) is 47.8 cm³/mol. The summed E-state index contributed by atoms with van der Waals surface area (Å²) in [5.74, 6) is -0.528. The minimum atomic E-state index is -1.12. The van der Waals surface area contributed by atoms with E-state index in [4.69, 9.17) is 10.8 Å². The normalized spacial score (nSPS) is 10.6. The molecular weight excluding hydrogens is 186 g/mol. The van der Waals surface area contributed by atoms with Crippen molar-refractivity contribution in [2.75, 3.05) is 5.73 Å². The molecule has 0 saturated heterocycles. The fourth-order valence-electron chi connectivity index (χ4n) is 1.19.